The lowest BCUT2D eigenvalue weighted by Crippen LogP contribution is -2.44. The molecule has 154 valence electrons. The normalized spacial score (nSPS) is 15.8. The van der Waals surface area contributed by atoms with Crippen LogP contribution in [-0.4, -0.2) is 71.1 Å². The van der Waals surface area contributed by atoms with Crippen molar-refractivity contribution >= 4 is 11.0 Å². The monoisotopic (exact) mass is 393 g/mol. The summed E-state index contributed by atoms with van der Waals surface area (Å²) in [4.78, 5) is 17.7. The van der Waals surface area contributed by atoms with Gasteiger partial charge in [0.05, 0.1) is 23.2 Å². The summed E-state index contributed by atoms with van der Waals surface area (Å²) in [5.41, 5.74) is 5.39. The average Bonchev–Trinajstić information content (AvgIpc) is 3.14. The average molecular weight is 394 g/mol. The highest BCUT2D eigenvalue weighted by Gasteiger charge is 2.15. The Bertz CT molecular complexity index is 959. The summed E-state index contributed by atoms with van der Waals surface area (Å²) in [6, 6.07) is 8.25. The topological polar surface area (TPSA) is 57.3 Å². The first kappa shape index (κ1) is 19.9. The van der Waals surface area contributed by atoms with Crippen molar-refractivity contribution in [1.82, 2.24) is 24.8 Å². The molecule has 3 heterocycles. The number of benzene rings is 1. The Labute approximate surface area is 172 Å². The molecule has 0 radical (unpaired) electrons. The minimum absolute atomic E-state index is 0.653. The number of hydrogen-bond acceptors (Lipinski definition) is 5. The van der Waals surface area contributed by atoms with E-state index in [-0.39, 0.29) is 0 Å². The van der Waals surface area contributed by atoms with Gasteiger partial charge in [0.15, 0.2) is 0 Å². The molecule has 4 rings (SSSR count). The Morgan fingerprint density at radius 3 is 2.76 bits per heavy atom. The molecule has 1 fully saturated rings. The number of aromatic nitrogens is 3. The number of likely N-dealkylation sites (N-methyl/N-ethyl adjacent to an activating group) is 1. The van der Waals surface area contributed by atoms with Crippen LogP contribution in [0.15, 0.2) is 30.5 Å². The largest absolute Gasteiger partial charge is 0.477 e. The van der Waals surface area contributed by atoms with Crippen molar-refractivity contribution in [3.05, 3.63) is 41.6 Å². The van der Waals surface area contributed by atoms with Crippen molar-refractivity contribution in [3.8, 4) is 17.3 Å². The second-order valence-electron chi connectivity index (χ2n) is 8.12. The van der Waals surface area contributed by atoms with E-state index in [0.717, 1.165) is 41.8 Å². The standard InChI is InChI=1S/C23H31N5O/c1-17-15-18(2)21-20(16-17)25-22(26-21)19-7-6-8-24-23(19)29-14-5-4-9-28-12-10-27(3)11-13-28/h6-8,15-16H,4-5,9-14H2,1-3H3,(H,25,26). The van der Waals surface area contributed by atoms with Gasteiger partial charge < -0.3 is 19.5 Å². The van der Waals surface area contributed by atoms with Gasteiger partial charge in [0.1, 0.15) is 5.82 Å². The molecular formula is C23H31N5O. The molecule has 29 heavy (non-hydrogen) atoms. The van der Waals surface area contributed by atoms with Crippen molar-refractivity contribution in [3.63, 3.8) is 0 Å². The number of imidazole rings is 1. The van der Waals surface area contributed by atoms with E-state index in [9.17, 15) is 0 Å². The van der Waals surface area contributed by atoms with Crippen LogP contribution in [-0.2, 0) is 0 Å². The van der Waals surface area contributed by atoms with Gasteiger partial charge in [-0.3, -0.25) is 0 Å². The molecule has 2 aromatic heterocycles. The third-order valence-corrected chi connectivity index (χ3v) is 5.65. The summed E-state index contributed by atoms with van der Waals surface area (Å²) in [6.07, 6.45) is 3.96. The number of hydrogen-bond donors (Lipinski definition) is 1. The van der Waals surface area contributed by atoms with Crippen LogP contribution >= 0.6 is 0 Å². The van der Waals surface area contributed by atoms with Gasteiger partial charge in [0, 0.05) is 32.4 Å². The highest BCUT2D eigenvalue weighted by Crippen LogP contribution is 2.29. The zero-order valence-corrected chi connectivity index (χ0v) is 17.7. The van der Waals surface area contributed by atoms with E-state index in [1.807, 2.05) is 12.1 Å². The van der Waals surface area contributed by atoms with Crippen LogP contribution in [0.1, 0.15) is 24.0 Å². The summed E-state index contributed by atoms with van der Waals surface area (Å²) in [6.45, 7) is 10.7. The Morgan fingerprint density at radius 1 is 1.10 bits per heavy atom. The summed E-state index contributed by atoms with van der Waals surface area (Å²) < 4.78 is 6.05. The van der Waals surface area contributed by atoms with E-state index >= 15 is 0 Å². The minimum atomic E-state index is 0.653. The fourth-order valence-electron chi connectivity index (χ4n) is 3.96. The first-order valence-corrected chi connectivity index (χ1v) is 10.6. The zero-order valence-electron chi connectivity index (χ0n) is 17.7. The second kappa shape index (κ2) is 8.93. The summed E-state index contributed by atoms with van der Waals surface area (Å²) in [7, 11) is 2.19. The van der Waals surface area contributed by atoms with Crippen molar-refractivity contribution in [2.75, 3.05) is 46.4 Å². The Morgan fingerprint density at radius 2 is 1.93 bits per heavy atom. The molecule has 0 saturated carbocycles. The first-order valence-electron chi connectivity index (χ1n) is 10.6. The van der Waals surface area contributed by atoms with E-state index in [1.54, 1.807) is 6.20 Å². The molecule has 1 N–H and O–H groups in total. The van der Waals surface area contributed by atoms with Gasteiger partial charge in [0.2, 0.25) is 5.88 Å². The molecule has 1 aliphatic rings. The third kappa shape index (κ3) is 4.77. The number of fused-ring (bicyclic) bond motifs is 1. The van der Waals surface area contributed by atoms with Crippen LogP contribution in [0.5, 0.6) is 5.88 Å². The molecule has 0 spiro atoms. The van der Waals surface area contributed by atoms with Gasteiger partial charge in [-0.1, -0.05) is 6.07 Å². The third-order valence-electron chi connectivity index (χ3n) is 5.65. The molecule has 0 aliphatic carbocycles. The fraction of sp³-hybridized carbons (Fsp3) is 0.478. The second-order valence-corrected chi connectivity index (χ2v) is 8.12. The predicted molar refractivity (Wildman–Crippen MR) is 117 cm³/mol. The lowest BCUT2D eigenvalue weighted by molar-refractivity contribution is 0.149. The molecule has 1 aromatic carbocycles. The number of nitrogens with one attached hydrogen (secondary N) is 1. The van der Waals surface area contributed by atoms with Crippen LogP contribution in [0.25, 0.3) is 22.4 Å². The van der Waals surface area contributed by atoms with E-state index in [2.05, 4.69) is 52.8 Å². The SMILES string of the molecule is Cc1cc(C)c2nc(-c3cccnc3OCCCCN3CCN(C)CC3)[nH]c2c1. The van der Waals surface area contributed by atoms with Gasteiger partial charge in [-0.25, -0.2) is 9.97 Å². The molecule has 1 saturated heterocycles. The molecule has 6 heteroatoms. The van der Waals surface area contributed by atoms with E-state index in [4.69, 9.17) is 9.72 Å². The smallest absolute Gasteiger partial charge is 0.224 e. The zero-order chi connectivity index (χ0) is 20.2. The summed E-state index contributed by atoms with van der Waals surface area (Å²) in [5.74, 6) is 1.47. The summed E-state index contributed by atoms with van der Waals surface area (Å²) >= 11 is 0. The fourth-order valence-corrected chi connectivity index (χ4v) is 3.96. The van der Waals surface area contributed by atoms with Gasteiger partial charge in [-0.05, 0) is 69.6 Å². The lowest BCUT2D eigenvalue weighted by Gasteiger charge is -2.32. The molecule has 0 amide bonds. The van der Waals surface area contributed by atoms with E-state index < -0.39 is 0 Å². The van der Waals surface area contributed by atoms with Gasteiger partial charge in [-0.2, -0.15) is 0 Å². The van der Waals surface area contributed by atoms with Gasteiger partial charge in [0.25, 0.3) is 0 Å². The highest BCUT2D eigenvalue weighted by molar-refractivity contribution is 5.83. The van der Waals surface area contributed by atoms with Gasteiger partial charge in [-0.15, -0.1) is 0 Å². The molecule has 1 aliphatic heterocycles. The number of ether oxygens (including phenoxy) is 1. The van der Waals surface area contributed by atoms with E-state index in [1.165, 1.54) is 37.3 Å². The van der Waals surface area contributed by atoms with Crippen LogP contribution in [0.2, 0.25) is 0 Å². The Kier molecular flexibility index (Phi) is 6.11. The highest BCUT2D eigenvalue weighted by atomic mass is 16.5. The van der Waals surface area contributed by atoms with Crippen molar-refractivity contribution in [2.45, 2.75) is 26.7 Å². The molecule has 6 nitrogen and oxygen atoms in total. The number of rotatable bonds is 7. The van der Waals surface area contributed by atoms with Crippen molar-refractivity contribution in [2.24, 2.45) is 0 Å². The molecule has 3 aromatic rings. The molecular weight excluding hydrogens is 362 g/mol. The first-order chi connectivity index (χ1) is 14.1. The van der Waals surface area contributed by atoms with Gasteiger partial charge >= 0.3 is 0 Å². The number of piperazine rings is 1. The van der Waals surface area contributed by atoms with E-state index in [0.29, 0.717) is 12.5 Å². The number of nitrogens with zero attached hydrogens (tertiary/aromatic N) is 4. The van der Waals surface area contributed by atoms with Crippen molar-refractivity contribution in [1.29, 1.82) is 0 Å². The quantitative estimate of drug-likeness (QED) is 0.621. The number of aromatic amines is 1. The predicted octanol–water partition coefficient (Wildman–Crippen LogP) is 3.65. The molecule has 0 bridgehead atoms. The van der Waals surface area contributed by atoms with Crippen LogP contribution in [0.4, 0.5) is 0 Å². The number of pyridine rings is 1. The Hall–Kier alpha value is -2.44. The maximum atomic E-state index is 6.05. The lowest BCUT2D eigenvalue weighted by atomic mass is 10.1. The van der Waals surface area contributed by atoms with Crippen molar-refractivity contribution < 1.29 is 4.74 Å². The molecule has 0 atom stereocenters. The maximum Gasteiger partial charge on any atom is 0.224 e. The number of unbranched alkanes of at least 4 members (excludes halogenated alkanes) is 1. The number of aryl methyl sites for hydroxylation is 2. The minimum Gasteiger partial charge on any atom is -0.477 e. The van der Waals surface area contributed by atoms with Crippen LogP contribution in [0.3, 0.4) is 0 Å². The maximum absolute atomic E-state index is 6.05. The molecule has 0 unspecified atom stereocenters. The van der Waals surface area contributed by atoms with Crippen LogP contribution in [0, 0.1) is 13.8 Å². The number of H-pyrrole nitrogens is 1. The summed E-state index contributed by atoms with van der Waals surface area (Å²) in [5, 5.41) is 0. The Balaban J connectivity index is 1.37. The van der Waals surface area contributed by atoms with Crippen LogP contribution < -0.4 is 4.74 Å².